The fourth-order valence-electron chi connectivity index (χ4n) is 2.45. The lowest BCUT2D eigenvalue weighted by Gasteiger charge is -2.25. The summed E-state index contributed by atoms with van der Waals surface area (Å²) in [6.45, 7) is 0.625. The van der Waals surface area contributed by atoms with Gasteiger partial charge in [0.2, 0.25) is 5.91 Å². The van der Waals surface area contributed by atoms with Gasteiger partial charge in [0.05, 0.1) is 7.11 Å². The summed E-state index contributed by atoms with van der Waals surface area (Å²) < 4.78 is 11.0. The molecule has 1 atom stereocenters. The summed E-state index contributed by atoms with van der Waals surface area (Å²) in [6, 6.07) is 12.0. The van der Waals surface area contributed by atoms with Crippen LogP contribution in [0.15, 0.2) is 36.4 Å². The van der Waals surface area contributed by atoms with Crippen LogP contribution >= 0.6 is 0 Å². The number of fused-ring (bicyclic) bond motifs is 1. The van der Waals surface area contributed by atoms with E-state index in [0.717, 1.165) is 22.1 Å². The van der Waals surface area contributed by atoms with E-state index in [-0.39, 0.29) is 18.6 Å². The van der Waals surface area contributed by atoms with E-state index in [1.54, 1.807) is 7.11 Å². The van der Waals surface area contributed by atoms with Gasteiger partial charge in [-0.1, -0.05) is 30.3 Å². The van der Waals surface area contributed by atoms with Crippen molar-refractivity contribution in [1.29, 1.82) is 0 Å². The van der Waals surface area contributed by atoms with Gasteiger partial charge < -0.3 is 14.8 Å². The molecule has 2 aromatic carbocycles. The molecule has 19 heavy (non-hydrogen) atoms. The van der Waals surface area contributed by atoms with Crippen molar-refractivity contribution >= 4 is 16.7 Å². The number of ether oxygens (including phenoxy) is 2. The number of amides is 1. The second-order valence-corrected chi connectivity index (χ2v) is 4.51. The number of hydrogen-bond acceptors (Lipinski definition) is 3. The van der Waals surface area contributed by atoms with Crippen molar-refractivity contribution in [3.8, 4) is 5.75 Å². The van der Waals surface area contributed by atoms with Crippen molar-refractivity contribution < 1.29 is 14.3 Å². The number of methoxy groups -OCH3 is 1. The summed E-state index contributed by atoms with van der Waals surface area (Å²) in [6.07, 6.45) is -0.103. The monoisotopic (exact) mass is 257 g/mol. The molecule has 3 rings (SSSR count). The van der Waals surface area contributed by atoms with Crippen molar-refractivity contribution in [3.63, 3.8) is 0 Å². The molecular weight excluding hydrogens is 242 g/mol. The maximum atomic E-state index is 11.1. The highest BCUT2D eigenvalue weighted by atomic mass is 16.5. The van der Waals surface area contributed by atoms with Gasteiger partial charge in [-0.2, -0.15) is 0 Å². The van der Waals surface area contributed by atoms with Crippen LogP contribution in [0.25, 0.3) is 10.8 Å². The Hall–Kier alpha value is -2.07. The van der Waals surface area contributed by atoms with Crippen molar-refractivity contribution in [2.24, 2.45) is 0 Å². The maximum absolute atomic E-state index is 11.1. The molecule has 1 heterocycles. The Labute approximate surface area is 111 Å². The lowest BCUT2D eigenvalue weighted by molar-refractivity contribution is -0.133. The summed E-state index contributed by atoms with van der Waals surface area (Å²) >= 11 is 0. The van der Waals surface area contributed by atoms with E-state index < -0.39 is 0 Å². The predicted molar refractivity (Wildman–Crippen MR) is 72.2 cm³/mol. The van der Waals surface area contributed by atoms with Crippen LogP contribution in [0.4, 0.5) is 0 Å². The second kappa shape index (κ2) is 4.90. The fraction of sp³-hybridized carbons (Fsp3) is 0.267. The van der Waals surface area contributed by atoms with Crippen LogP contribution in [0, 0.1) is 0 Å². The van der Waals surface area contributed by atoms with Crippen molar-refractivity contribution in [2.75, 3.05) is 20.3 Å². The van der Waals surface area contributed by atoms with E-state index in [1.165, 1.54) is 0 Å². The Balaban J connectivity index is 2.07. The zero-order valence-electron chi connectivity index (χ0n) is 10.7. The zero-order valence-corrected chi connectivity index (χ0v) is 10.7. The molecule has 0 radical (unpaired) electrons. The minimum atomic E-state index is -0.103. The summed E-state index contributed by atoms with van der Waals surface area (Å²) in [5.41, 5.74) is 1.08. The first-order valence-electron chi connectivity index (χ1n) is 6.23. The van der Waals surface area contributed by atoms with Crippen LogP contribution < -0.4 is 10.1 Å². The zero-order chi connectivity index (χ0) is 13.2. The van der Waals surface area contributed by atoms with Crippen LogP contribution in [0.3, 0.4) is 0 Å². The molecule has 4 nitrogen and oxygen atoms in total. The fourth-order valence-corrected chi connectivity index (χ4v) is 2.45. The molecule has 0 unspecified atom stereocenters. The van der Waals surface area contributed by atoms with Gasteiger partial charge in [0.25, 0.3) is 0 Å². The number of benzene rings is 2. The van der Waals surface area contributed by atoms with Crippen LogP contribution in [0.5, 0.6) is 5.75 Å². The minimum absolute atomic E-state index is 0.0610. The Morgan fingerprint density at radius 1 is 1.21 bits per heavy atom. The number of morpholine rings is 1. The van der Waals surface area contributed by atoms with E-state index in [2.05, 4.69) is 5.32 Å². The molecule has 0 bridgehead atoms. The van der Waals surface area contributed by atoms with Gasteiger partial charge in [0.1, 0.15) is 18.5 Å². The molecule has 1 fully saturated rings. The van der Waals surface area contributed by atoms with Crippen molar-refractivity contribution in [2.45, 2.75) is 6.10 Å². The summed E-state index contributed by atoms with van der Waals surface area (Å²) in [5, 5.41) is 4.99. The van der Waals surface area contributed by atoms with Crippen LogP contribution in [-0.2, 0) is 9.53 Å². The van der Waals surface area contributed by atoms with E-state index in [9.17, 15) is 4.79 Å². The first kappa shape index (κ1) is 12.0. The molecule has 4 heteroatoms. The van der Waals surface area contributed by atoms with E-state index in [0.29, 0.717) is 6.54 Å². The molecule has 2 aromatic rings. The number of carbonyl (C=O) groups is 1. The largest absolute Gasteiger partial charge is 0.496 e. The van der Waals surface area contributed by atoms with Gasteiger partial charge in [0, 0.05) is 11.9 Å². The highest BCUT2D eigenvalue weighted by Crippen LogP contribution is 2.33. The van der Waals surface area contributed by atoms with Gasteiger partial charge >= 0.3 is 0 Å². The normalized spacial score (nSPS) is 19.2. The molecule has 1 amide bonds. The quantitative estimate of drug-likeness (QED) is 0.895. The smallest absolute Gasteiger partial charge is 0.246 e. The van der Waals surface area contributed by atoms with Gasteiger partial charge in [0.15, 0.2) is 0 Å². The average molecular weight is 257 g/mol. The van der Waals surface area contributed by atoms with Gasteiger partial charge in [-0.05, 0) is 17.0 Å². The Morgan fingerprint density at radius 2 is 2.00 bits per heavy atom. The molecule has 0 saturated carbocycles. The van der Waals surface area contributed by atoms with Gasteiger partial charge in [-0.25, -0.2) is 0 Å². The lowest BCUT2D eigenvalue weighted by Crippen LogP contribution is -2.38. The first-order valence-corrected chi connectivity index (χ1v) is 6.23. The molecule has 1 saturated heterocycles. The molecule has 1 aliphatic rings. The van der Waals surface area contributed by atoms with Crippen LogP contribution in [0.1, 0.15) is 11.7 Å². The topological polar surface area (TPSA) is 47.6 Å². The van der Waals surface area contributed by atoms with Gasteiger partial charge in [-0.15, -0.1) is 0 Å². The van der Waals surface area contributed by atoms with Crippen molar-refractivity contribution in [3.05, 3.63) is 42.0 Å². The third-order valence-electron chi connectivity index (χ3n) is 3.38. The molecule has 0 spiro atoms. The second-order valence-electron chi connectivity index (χ2n) is 4.51. The Morgan fingerprint density at radius 3 is 2.68 bits per heavy atom. The molecule has 0 aromatic heterocycles. The third kappa shape index (κ3) is 2.15. The Kier molecular flexibility index (Phi) is 3.09. The van der Waals surface area contributed by atoms with Crippen molar-refractivity contribution in [1.82, 2.24) is 5.32 Å². The number of hydrogen-bond donors (Lipinski definition) is 1. The number of rotatable bonds is 2. The van der Waals surface area contributed by atoms with E-state index >= 15 is 0 Å². The Bertz CT molecular complexity index is 614. The van der Waals surface area contributed by atoms with E-state index in [1.807, 2.05) is 36.4 Å². The summed E-state index contributed by atoms with van der Waals surface area (Å²) in [7, 11) is 1.67. The third-order valence-corrected chi connectivity index (χ3v) is 3.38. The molecular formula is C15H15NO3. The maximum Gasteiger partial charge on any atom is 0.246 e. The van der Waals surface area contributed by atoms with E-state index in [4.69, 9.17) is 9.47 Å². The summed E-state index contributed by atoms with van der Waals surface area (Å²) in [5.74, 6) is 0.785. The molecule has 1 aliphatic heterocycles. The number of carbonyl (C=O) groups excluding carboxylic acids is 1. The molecule has 98 valence electrons. The summed E-state index contributed by atoms with van der Waals surface area (Å²) in [4.78, 5) is 11.1. The number of nitrogens with one attached hydrogen (secondary N) is 1. The highest BCUT2D eigenvalue weighted by Gasteiger charge is 2.22. The van der Waals surface area contributed by atoms with Gasteiger partial charge in [-0.3, -0.25) is 4.79 Å². The molecule has 0 aliphatic carbocycles. The van der Waals surface area contributed by atoms with Crippen LogP contribution in [-0.4, -0.2) is 26.2 Å². The minimum Gasteiger partial charge on any atom is -0.496 e. The molecule has 1 N–H and O–H groups in total. The standard InChI is InChI=1S/C15H15NO3/c1-18-13-7-6-12(10-4-2-3-5-11(10)13)14-8-16-15(17)9-19-14/h2-7,14H,8-9H2,1H3,(H,16,17)/t14-/m1/s1. The predicted octanol–water partition coefficient (Wildman–Crippen LogP) is 2.04. The lowest BCUT2D eigenvalue weighted by atomic mass is 9.99. The average Bonchev–Trinajstić information content (AvgIpc) is 2.47. The highest BCUT2D eigenvalue weighted by molar-refractivity contribution is 5.91. The van der Waals surface area contributed by atoms with Crippen LogP contribution in [0.2, 0.25) is 0 Å². The first-order chi connectivity index (χ1) is 9.29. The SMILES string of the molecule is COc1ccc([C@H]2CNC(=O)CO2)c2ccccc12.